The summed E-state index contributed by atoms with van der Waals surface area (Å²) >= 11 is 0. The summed E-state index contributed by atoms with van der Waals surface area (Å²) in [6, 6.07) is 8.27. The van der Waals surface area contributed by atoms with Crippen LogP contribution in [0.1, 0.15) is 24.5 Å². The fourth-order valence-corrected chi connectivity index (χ4v) is 2.52. The maximum Gasteiger partial charge on any atom is 0.137 e. The lowest BCUT2D eigenvalue weighted by Crippen LogP contribution is -2.14. The predicted molar refractivity (Wildman–Crippen MR) is 76.4 cm³/mol. The van der Waals surface area contributed by atoms with E-state index in [9.17, 15) is 0 Å². The van der Waals surface area contributed by atoms with Gasteiger partial charge in [-0.25, -0.2) is 4.98 Å². The number of H-pyrrole nitrogens is 1. The van der Waals surface area contributed by atoms with E-state index < -0.39 is 0 Å². The molecule has 19 heavy (non-hydrogen) atoms. The van der Waals surface area contributed by atoms with Crippen LogP contribution in [0.3, 0.4) is 0 Å². The van der Waals surface area contributed by atoms with Gasteiger partial charge in [0, 0.05) is 49.3 Å². The van der Waals surface area contributed by atoms with Crippen molar-refractivity contribution >= 4 is 5.69 Å². The minimum Gasteiger partial charge on any atom is -0.388 e. The van der Waals surface area contributed by atoms with E-state index in [1.807, 2.05) is 25.4 Å². The first-order valence-electron chi connectivity index (χ1n) is 6.77. The molecular formula is C15H19N3O. The zero-order valence-electron chi connectivity index (χ0n) is 11.1. The van der Waals surface area contributed by atoms with Crippen LogP contribution in [0.25, 0.3) is 11.4 Å². The molecule has 1 aliphatic heterocycles. The van der Waals surface area contributed by atoms with Gasteiger partial charge in [-0.2, -0.15) is 0 Å². The van der Waals surface area contributed by atoms with Gasteiger partial charge in [0.25, 0.3) is 0 Å². The topological polar surface area (TPSA) is 49.9 Å². The van der Waals surface area contributed by atoms with Gasteiger partial charge >= 0.3 is 0 Å². The van der Waals surface area contributed by atoms with Crippen LogP contribution in [-0.2, 0) is 4.74 Å². The molecule has 0 aliphatic carbocycles. The van der Waals surface area contributed by atoms with E-state index in [0.717, 1.165) is 43.1 Å². The average Bonchev–Trinajstić information content (AvgIpc) is 2.98. The van der Waals surface area contributed by atoms with Gasteiger partial charge in [0.2, 0.25) is 0 Å². The third kappa shape index (κ3) is 2.63. The molecule has 0 atom stereocenters. The Kier molecular flexibility index (Phi) is 3.51. The molecule has 0 radical (unpaired) electrons. The van der Waals surface area contributed by atoms with E-state index in [2.05, 4.69) is 27.4 Å². The number of rotatable bonds is 3. The number of nitrogens with one attached hydrogen (secondary N) is 2. The Morgan fingerprint density at radius 2 is 2.16 bits per heavy atom. The van der Waals surface area contributed by atoms with E-state index in [-0.39, 0.29) is 0 Å². The van der Waals surface area contributed by atoms with E-state index in [1.54, 1.807) is 0 Å². The van der Waals surface area contributed by atoms with Crippen molar-refractivity contribution in [2.45, 2.75) is 18.8 Å². The van der Waals surface area contributed by atoms with Crippen molar-refractivity contribution in [1.29, 1.82) is 0 Å². The lowest BCUT2D eigenvalue weighted by Gasteiger charge is -2.20. The van der Waals surface area contributed by atoms with Gasteiger partial charge in [-0.05, 0) is 25.0 Å². The summed E-state index contributed by atoms with van der Waals surface area (Å²) in [4.78, 5) is 7.97. The molecule has 100 valence electrons. The normalized spacial score (nSPS) is 16.5. The second-order valence-electron chi connectivity index (χ2n) is 4.90. The van der Waals surface area contributed by atoms with E-state index in [1.165, 1.54) is 5.69 Å². The van der Waals surface area contributed by atoms with Gasteiger partial charge in [0.1, 0.15) is 5.82 Å². The molecule has 1 aromatic carbocycles. The van der Waals surface area contributed by atoms with Crippen molar-refractivity contribution in [3.63, 3.8) is 0 Å². The first kappa shape index (κ1) is 12.2. The standard InChI is InChI=1S/C15H19N3O/c1-16-13-4-2-3-12(9-13)15-17-10-14(18-15)11-5-7-19-8-6-11/h2-4,9-11,16H,5-8H2,1H3,(H,17,18). The lowest BCUT2D eigenvalue weighted by molar-refractivity contribution is 0.0846. The molecule has 1 aliphatic rings. The second kappa shape index (κ2) is 5.45. The Morgan fingerprint density at radius 3 is 2.95 bits per heavy atom. The summed E-state index contributed by atoms with van der Waals surface area (Å²) in [5.74, 6) is 1.50. The molecule has 0 amide bonds. The van der Waals surface area contributed by atoms with Gasteiger partial charge in [-0.3, -0.25) is 0 Å². The highest BCUT2D eigenvalue weighted by Gasteiger charge is 2.18. The number of benzene rings is 1. The quantitative estimate of drug-likeness (QED) is 0.888. The first-order valence-corrected chi connectivity index (χ1v) is 6.77. The minimum absolute atomic E-state index is 0.558. The van der Waals surface area contributed by atoms with Crippen LogP contribution < -0.4 is 5.32 Å². The highest BCUT2D eigenvalue weighted by Crippen LogP contribution is 2.27. The SMILES string of the molecule is CNc1cccc(-c2ncc(C3CCOCC3)[nH]2)c1. The molecule has 4 heteroatoms. The maximum atomic E-state index is 5.40. The lowest BCUT2D eigenvalue weighted by atomic mass is 9.97. The van der Waals surface area contributed by atoms with Crippen LogP contribution in [0.15, 0.2) is 30.5 Å². The van der Waals surface area contributed by atoms with Crippen LogP contribution in [0.4, 0.5) is 5.69 Å². The number of aromatic amines is 1. The molecule has 1 saturated heterocycles. The van der Waals surface area contributed by atoms with Crippen molar-refractivity contribution in [3.8, 4) is 11.4 Å². The maximum absolute atomic E-state index is 5.40. The van der Waals surface area contributed by atoms with Crippen molar-refractivity contribution in [2.75, 3.05) is 25.6 Å². The summed E-state index contributed by atoms with van der Waals surface area (Å²) in [6.45, 7) is 1.71. The summed E-state index contributed by atoms with van der Waals surface area (Å²) in [5.41, 5.74) is 3.44. The summed E-state index contributed by atoms with van der Waals surface area (Å²) in [6.07, 6.45) is 4.13. The van der Waals surface area contributed by atoms with Crippen LogP contribution in [0.2, 0.25) is 0 Å². The molecule has 0 saturated carbocycles. The third-order valence-electron chi connectivity index (χ3n) is 3.68. The number of imidazole rings is 1. The van der Waals surface area contributed by atoms with Gasteiger partial charge in [-0.15, -0.1) is 0 Å². The molecular weight excluding hydrogens is 238 g/mol. The van der Waals surface area contributed by atoms with Crippen molar-refractivity contribution in [1.82, 2.24) is 9.97 Å². The van der Waals surface area contributed by atoms with Crippen molar-refractivity contribution in [2.24, 2.45) is 0 Å². The Hall–Kier alpha value is -1.81. The second-order valence-corrected chi connectivity index (χ2v) is 4.90. The van der Waals surface area contributed by atoms with Gasteiger partial charge in [0.15, 0.2) is 0 Å². The molecule has 2 aromatic rings. The largest absolute Gasteiger partial charge is 0.388 e. The zero-order chi connectivity index (χ0) is 13.1. The molecule has 3 rings (SSSR count). The Bertz CT molecular complexity index is 544. The van der Waals surface area contributed by atoms with Gasteiger partial charge in [0.05, 0.1) is 0 Å². The van der Waals surface area contributed by atoms with Crippen LogP contribution in [0.5, 0.6) is 0 Å². The molecule has 2 N–H and O–H groups in total. The highest BCUT2D eigenvalue weighted by atomic mass is 16.5. The predicted octanol–water partition coefficient (Wildman–Crippen LogP) is 3.01. The number of anilines is 1. The molecule has 0 spiro atoms. The zero-order valence-corrected chi connectivity index (χ0v) is 11.1. The fourth-order valence-electron chi connectivity index (χ4n) is 2.52. The third-order valence-corrected chi connectivity index (χ3v) is 3.68. The molecule has 1 fully saturated rings. The molecule has 0 unspecified atom stereocenters. The fraction of sp³-hybridized carbons (Fsp3) is 0.400. The first-order chi connectivity index (χ1) is 9.36. The van der Waals surface area contributed by atoms with E-state index in [4.69, 9.17) is 4.74 Å². The smallest absolute Gasteiger partial charge is 0.137 e. The summed E-state index contributed by atoms with van der Waals surface area (Å²) in [5, 5.41) is 3.15. The number of hydrogen-bond acceptors (Lipinski definition) is 3. The minimum atomic E-state index is 0.558. The van der Waals surface area contributed by atoms with Crippen molar-refractivity contribution in [3.05, 3.63) is 36.2 Å². The van der Waals surface area contributed by atoms with Crippen LogP contribution >= 0.6 is 0 Å². The van der Waals surface area contributed by atoms with Crippen molar-refractivity contribution < 1.29 is 4.74 Å². The highest BCUT2D eigenvalue weighted by molar-refractivity contribution is 5.62. The van der Waals surface area contributed by atoms with E-state index in [0.29, 0.717) is 5.92 Å². The Morgan fingerprint density at radius 1 is 1.32 bits per heavy atom. The number of ether oxygens (including phenoxy) is 1. The van der Waals surface area contributed by atoms with Gasteiger partial charge < -0.3 is 15.0 Å². The summed E-state index contributed by atoms with van der Waals surface area (Å²) < 4.78 is 5.40. The van der Waals surface area contributed by atoms with Gasteiger partial charge in [-0.1, -0.05) is 12.1 Å². The summed E-state index contributed by atoms with van der Waals surface area (Å²) in [7, 11) is 1.93. The Balaban J connectivity index is 1.83. The molecule has 4 nitrogen and oxygen atoms in total. The van der Waals surface area contributed by atoms with Crippen LogP contribution in [0, 0.1) is 0 Å². The molecule has 2 heterocycles. The number of nitrogens with zero attached hydrogens (tertiary/aromatic N) is 1. The average molecular weight is 257 g/mol. The van der Waals surface area contributed by atoms with E-state index >= 15 is 0 Å². The molecule has 1 aromatic heterocycles. The number of aromatic nitrogens is 2. The number of hydrogen-bond donors (Lipinski definition) is 2. The monoisotopic (exact) mass is 257 g/mol. The molecule has 0 bridgehead atoms. The Labute approximate surface area is 113 Å². The van der Waals surface area contributed by atoms with Crippen LogP contribution in [-0.4, -0.2) is 30.2 Å².